The molecule has 1 atom stereocenters. The van der Waals surface area contributed by atoms with Crippen molar-refractivity contribution in [2.45, 2.75) is 32.0 Å². The van der Waals surface area contributed by atoms with Gasteiger partial charge in [0.1, 0.15) is 24.9 Å². The Bertz CT molecular complexity index is 732. The normalized spacial score (nSPS) is 17.6. The van der Waals surface area contributed by atoms with Crippen LogP contribution in [0.15, 0.2) is 24.3 Å². The van der Waals surface area contributed by atoms with Crippen LogP contribution in [0, 0.1) is 5.82 Å². The second-order valence-electron chi connectivity index (χ2n) is 6.16. The number of aliphatic hydroxyl groups is 1. The van der Waals surface area contributed by atoms with Crippen molar-refractivity contribution in [3.63, 3.8) is 0 Å². The molecule has 2 heterocycles. The first kappa shape index (κ1) is 17.3. The molecule has 1 unspecified atom stereocenters. The standard InChI is InChI=1S/C17H21FN4O3/c1-21-15(10-23)19-20-16(21)13-3-2-8-22(9-13)17(24)25-11-12-4-6-14(18)7-5-12/h4-7,13,23H,2-3,8-11H2,1H3. The Morgan fingerprint density at radius 2 is 2.12 bits per heavy atom. The minimum Gasteiger partial charge on any atom is -0.445 e. The lowest BCUT2D eigenvalue weighted by Gasteiger charge is -2.31. The molecule has 0 aliphatic carbocycles. The zero-order valence-corrected chi connectivity index (χ0v) is 14.1. The van der Waals surface area contributed by atoms with E-state index in [-0.39, 0.29) is 24.9 Å². The van der Waals surface area contributed by atoms with E-state index in [1.807, 2.05) is 7.05 Å². The summed E-state index contributed by atoms with van der Waals surface area (Å²) in [5.41, 5.74) is 0.740. The highest BCUT2D eigenvalue weighted by Gasteiger charge is 2.29. The van der Waals surface area contributed by atoms with E-state index in [9.17, 15) is 14.3 Å². The third kappa shape index (κ3) is 3.96. The van der Waals surface area contributed by atoms with Gasteiger partial charge in [-0.2, -0.15) is 0 Å². The van der Waals surface area contributed by atoms with Crippen molar-refractivity contribution in [2.75, 3.05) is 13.1 Å². The summed E-state index contributed by atoms with van der Waals surface area (Å²) >= 11 is 0. The average Bonchev–Trinajstić information content (AvgIpc) is 3.01. The summed E-state index contributed by atoms with van der Waals surface area (Å²) in [7, 11) is 1.81. The molecule has 7 nitrogen and oxygen atoms in total. The smallest absolute Gasteiger partial charge is 0.410 e. The molecule has 0 saturated carbocycles. The van der Waals surface area contributed by atoms with Crippen LogP contribution in [0.3, 0.4) is 0 Å². The van der Waals surface area contributed by atoms with E-state index in [1.165, 1.54) is 12.1 Å². The third-order valence-electron chi connectivity index (χ3n) is 4.46. The van der Waals surface area contributed by atoms with Gasteiger partial charge in [0.15, 0.2) is 5.82 Å². The van der Waals surface area contributed by atoms with E-state index >= 15 is 0 Å². The number of hydrogen-bond donors (Lipinski definition) is 1. The van der Waals surface area contributed by atoms with Gasteiger partial charge in [-0.25, -0.2) is 9.18 Å². The lowest BCUT2D eigenvalue weighted by Crippen LogP contribution is -2.40. The second kappa shape index (κ2) is 7.60. The van der Waals surface area contributed by atoms with Crippen LogP contribution in [0.25, 0.3) is 0 Å². The number of carbonyl (C=O) groups excluding carboxylic acids is 1. The topological polar surface area (TPSA) is 80.5 Å². The predicted octanol–water partition coefficient (Wildman–Crippen LogP) is 1.96. The molecule has 2 aromatic rings. The molecule has 1 N–H and O–H groups in total. The first-order valence-corrected chi connectivity index (χ1v) is 8.23. The summed E-state index contributed by atoms with van der Waals surface area (Å²) in [5, 5.41) is 17.3. The Labute approximate surface area is 145 Å². The molecule has 1 aromatic heterocycles. The monoisotopic (exact) mass is 348 g/mol. The van der Waals surface area contributed by atoms with Crippen molar-refractivity contribution in [3.8, 4) is 0 Å². The number of halogens is 1. The van der Waals surface area contributed by atoms with Crippen LogP contribution in [-0.2, 0) is 25.0 Å². The van der Waals surface area contributed by atoms with Gasteiger partial charge in [-0.1, -0.05) is 12.1 Å². The number of piperidine rings is 1. The van der Waals surface area contributed by atoms with Crippen molar-refractivity contribution in [3.05, 3.63) is 47.3 Å². The summed E-state index contributed by atoms with van der Waals surface area (Å²) in [6.07, 6.45) is 1.36. The molecular formula is C17H21FN4O3. The van der Waals surface area contributed by atoms with Crippen molar-refractivity contribution in [2.24, 2.45) is 7.05 Å². The number of nitrogens with zero attached hydrogens (tertiary/aromatic N) is 4. The molecule has 1 fully saturated rings. The highest BCUT2D eigenvalue weighted by atomic mass is 19.1. The van der Waals surface area contributed by atoms with Crippen LogP contribution in [0.4, 0.5) is 9.18 Å². The maximum atomic E-state index is 12.9. The van der Waals surface area contributed by atoms with Crippen molar-refractivity contribution >= 4 is 6.09 Å². The molecule has 25 heavy (non-hydrogen) atoms. The number of amides is 1. The van der Waals surface area contributed by atoms with E-state index < -0.39 is 6.09 Å². The molecule has 1 aliphatic rings. The number of hydrogen-bond acceptors (Lipinski definition) is 5. The Morgan fingerprint density at radius 1 is 1.36 bits per heavy atom. The molecular weight excluding hydrogens is 327 g/mol. The average molecular weight is 348 g/mol. The second-order valence-corrected chi connectivity index (χ2v) is 6.16. The first-order chi connectivity index (χ1) is 12.1. The largest absolute Gasteiger partial charge is 0.445 e. The number of benzene rings is 1. The lowest BCUT2D eigenvalue weighted by atomic mass is 9.97. The summed E-state index contributed by atoms with van der Waals surface area (Å²) in [6.45, 7) is 1.07. The van der Waals surface area contributed by atoms with Crippen LogP contribution in [0.2, 0.25) is 0 Å². The number of likely N-dealkylation sites (tertiary alicyclic amines) is 1. The maximum absolute atomic E-state index is 12.9. The quantitative estimate of drug-likeness (QED) is 0.914. The highest BCUT2D eigenvalue weighted by molar-refractivity contribution is 5.67. The number of ether oxygens (including phenoxy) is 1. The molecule has 0 bridgehead atoms. The van der Waals surface area contributed by atoms with Crippen LogP contribution in [0.5, 0.6) is 0 Å². The van der Waals surface area contributed by atoms with Gasteiger partial charge in [0.25, 0.3) is 0 Å². The third-order valence-corrected chi connectivity index (χ3v) is 4.46. The summed E-state index contributed by atoms with van der Waals surface area (Å²) in [5.74, 6) is 1.01. The fourth-order valence-corrected chi connectivity index (χ4v) is 3.04. The van der Waals surface area contributed by atoms with Crippen molar-refractivity contribution < 1.29 is 19.0 Å². The van der Waals surface area contributed by atoms with Gasteiger partial charge in [-0.05, 0) is 30.5 Å². The maximum Gasteiger partial charge on any atom is 0.410 e. The number of aromatic nitrogens is 3. The Hall–Kier alpha value is -2.48. The van der Waals surface area contributed by atoms with Gasteiger partial charge in [0.05, 0.1) is 0 Å². The number of aliphatic hydroxyl groups excluding tert-OH is 1. The SMILES string of the molecule is Cn1c(CO)nnc1C1CCCN(C(=O)OCc2ccc(F)cc2)C1. The summed E-state index contributed by atoms with van der Waals surface area (Å²) < 4.78 is 20.0. The van der Waals surface area contributed by atoms with E-state index in [1.54, 1.807) is 21.6 Å². The van der Waals surface area contributed by atoms with Gasteiger partial charge in [0.2, 0.25) is 0 Å². The van der Waals surface area contributed by atoms with Crippen LogP contribution in [0.1, 0.15) is 36.0 Å². The first-order valence-electron chi connectivity index (χ1n) is 8.23. The minimum atomic E-state index is -0.390. The molecule has 1 amide bonds. The minimum absolute atomic E-state index is 0.0601. The Kier molecular flexibility index (Phi) is 5.28. The van der Waals surface area contributed by atoms with E-state index in [0.717, 1.165) is 24.2 Å². The fourth-order valence-electron chi connectivity index (χ4n) is 3.04. The van der Waals surface area contributed by atoms with Gasteiger partial charge in [-0.15, -0.1) is 10.2 Å². The molecule has 1 aromatic carbocycles. The van der Waals surface area contributed by atoms with Crippen LogP contribution < -0.4 is 0 Å². The van der Waals surface area contributed by atoms with Crippen molar-refractivity contribution in [1.82, 2.24) is 19.7 Å². The van der Waals surface area contributed by atoms with Crippen molar-refractivity contribution in [1.29, 1.82) is 0 Å². The fraction of sp³-hybridized carbons (Fsp3) is 0.471. The molecule has 3 rings (SSSR count). The van der Waals surface area contributed by atoms with Crippen LogP contribution in [-0.4, -0.2) is 44.0 Å². The van der Waals surface area contributed by atoms with E-state index in [2.05, 4.69) is 10.2 Å². The van der Waals surface area contributed by atoms with Gasteiger partial charge < -0.3 is 19.3 Å². The molecule has 8 heteroatoms. The lowest BCUT2D eigenvalue weighted by molar-refractivity contribution is 0.0850. The number of rotatable bonds is 4. The zero-order valence-electron chi connectivity index (χ0n) is 14.1. The van der Waals surface area contributed by atoms with Gasteiger partial charge >= 0.3 is 6.09 Å². The van der Waals surface area contributed by atoms with Gasteiger partial charge in [-0.3, -0.25) is 0 Å². The van der Waals surface area contributed by atoms with E-state index in [0.29, 0.717) is 18.9 Å². The molecule has 1 saturated heterocycles. The van der Waals surface area contributed by atoms with E-state index in [4.69, 9.17) is 4.74 Å². The van der Waals surface area contributed by atoms with Crippen LogP contribution >= 0.6 is 0 Å². The summed E-state index contributed by atoms with van der Waals surface area (Å²) in [4.78, 5) is 14.0. The summed E-state index contributed by atoms with van der Waals surface area (Å²) in [6, 6.07) is 5.87. The van der Waals surface area contributed by atoms with Gasteiger partial charge in [0, 0.05) is 26.1 Å². The number of carbonyl (C=O) groups is 1. The highest BCUT2D eigenvalue weighted by Crippen LogP contribution is 2.26. The molecule has 0 radical (unpaired) electrons. The predicted molar refractivity (Wildman–Crippen MR) is 87.1 cm³/mol. The Balaban J connectivity index is 1.59. The Morgan fingerprint density at radius 3 is 2.80 bits per heavy atom. The zero-order chi connectivity index (χ0) is 17.8. The molecule has 1 aliphatic heterocycles. The molecule has 134 valence electrons. The molecule has 0 spiro atoms.